The minimum Gasteiger partial charge on any atom is -0.384 e. The molecular weight excluding hydrogens is 205 g/mol. The van der Waals surface area contributed by atoms with E-state index in [4.69, 9.17) is 11.1 Å². The molecule has 1 aromatic rings. The van der Waals surface area contributed by atoms with E-state index in [0.29, 0.717) is 0 Å². The maximum Gasteiger partial charge on any atom is 0.123 e. The summed E-state index contributed by atoms with van der Waals surface area (Å²) in [5, 5.41) is 10.0. The van der Waals surface area contributed by atoms with Crippen LogP contribution in [-0.2, 0) is 0 Å². The minimum absolute atomic E-state index is 0.0166. The molecule has 0 atom stereocenters. The molecule has 0 fully saturated rings. The Bertz CT molecular complexity index is 355. The monoisotopic (exact) mass is 223 g/mol. The zero-order valence-electron chi connectivity index (χ0n) is 9.84. The minimum atomic E-state index is -0.274. The van der Waals surface area contributed by atoms with Crippen LogP contribution in [0.5, 0.6) is 0 Å². The Morgan fingerprint density at radius 1 is 1.31 bits per heavy atom. The average molecular weight is 223 g/mol. The molecule has 0 aromatic heterocycles. The van der Waals surface area contributed by atoms with Crippen LogP contribution >= 0.6 is 0 Å². The first-order valence-corrected chi connectivity index (χ1v) is 5.13. The van der Waals surface area contributed by atoms with E-state index >= 15 is 0 Å². The lowest BCUT2D eigenvalue weighted by molar-refractivity contribution is 0.628. The van der Waals surface area contributed by atoms with Crippen molar-refractivity contribution in [1.29, 1.82) is 5.41 Å². The van der Waals surface area contributed by atoms with Gasteiger partial charge in [-0.2, -0.15) is 0 Å². The number of nitrogens with one attached hydrogen (secondary N) is 2. The molecule has 0 amide bonds. The van der Waals surface area contributed by atoms with Gasteiger partial charge in [0, 0.05) is 11.4 Å². The number of halogens is 1. The van der Waals surface area contributed by atoms with Crippen LogP contribution in [0.15, 0.2) is 36.0 Å². The molecule has 0 saturated heterocycles. The Kier molecular flexibility index (Phi) is 6.59. The van der Waals surface area contributed by atoms with E-state index in [1.54, 1.807) is 19.1 Å². The smallest absolute Gasteiger partial charge is 0.123 e. The van der Waals surface area contributed by atoms with Gasteiger partial charge in [0.05, 0.1) is 0 Å². The topological polar surface area (TPSA) is 61.9 Å². The maximum atomic E-state index is 12.5. The summed E-state index contributed by atoms with van der Waals surface area (Å²) in [4.78, 5) is 0. The number of anilines is 1. The number of hydrogen-bond acceptors (Lipinski definition) is 2. The van der Waals surface area contributed by atoms with Crippen molar-refractivity contribution < 1.29 is 4.39 Å². The molecular formula is C12H18FN3. The molecule has 16 heavy (non-hydrogen) atoms. The van der Waals surface area contributed by atoms with Crippen LogP contribution in [0.1, 0.15) is 20.8 Å². The molecule has 0 aliphatic rings. The van der Waals surface area contributed by atoms with Gasteiger partial charge in [0.15, 0.2) is 0 Å². The van der Waals surface area contributed by atoms with Gasteiger partial charge in [-0.3, -0.25) is 5.41 Å². The first-order chi connectivity index (χ1) is 7.58. The largest absolute Gasteiger partial charge is 0.384 e. The number of rotatable bonds is 3. The van der Waals surface area contributed by atoms with Gasteiger partial charge < -0.3 is 11.1 Å². The van der Waals surface area contributed by atoms with Gasteiger partial charge in [0.25, 0.3) is 0 Å². The van der Waals surface area contributed by atoms with Crippen molar-refractivity contribution in [3.63, 3.8) is 0 Å². The summed E-state index contributed by atoms with van der Waals surface area (Å²) in [5.41, 5.74) is 6.68. The third kappa shape index (κ3) is 5.80. The van der Waals surface area contributed by atoms with Crippen molar-refractivity contribution >= 4 is 11.5 Å². The molecule has 0 radical (unpaired) electrons. The van der Waals surface area contributed by atoms with Crippen LogP contribution in [-0.4, -0.2) is 5.84 Å². The summed E-state index contributed by atoms with van der Waals surface area (Å²) in [7, 11) is 0. The zero-order valence-corrected chi connectivity index (χ0v) is 9.84. The van der Waals surface area contributed by atoms with Crippen LogP contribution < -0.4 is 11.1 Å². The SMILES string of the molecule is C/C(=C/C(=N)N)Nc1ccc(F)cc1.CC. The Hall–Kier alpha value is -1.84. The third-order valence-electron chi connectivity index (χ3n) is 1.56. The van der Waals surface area contributed by atoms with Gasteiger partial charge in [0.2, 0.25) is 0 Å². The van der Waals surface area contributed by atoms with Gasteiger partial charge in [-0.15, -0.1) is 0 Å². The van der Waals surface area contributed by atoms with Crippen molar-refractivity contribution in [1.82, 2.24) is 0 Å². The highest BCUT2D eigenvalue weighted by Crippen LogP contribution is 2.10. The van der Waals surface area contributed by atoms with E-state index in [1.165, 1.54) is 18.2 Å². The first kappa shape index (κ1) is 14.2. The van der Waals surface area contributed by atoms with Crippen LogP contribution in [0.25, 0.3) is 0 Å². The van der Waals surface area contributed by atoms with E-state index in [1.807, 2.05) is 13.8 Å². The highest BCUT2D eigenvalue weighted by molar-refractivity contribution is 5.89. The van der Waals surface area contributed by atoms with Crippen LogP contribution in [0, 0.1) is 11.2 Å². The normalized spacial score (nSPS) is 10.1. The molecule has 0 aliphatic heterocycles. The van der Waals surface area contributed by atoms with Gasteiger partial charge in [-0.05, 0) is 37.3 Å². The molecule has 88 valence electrons. The molecule has 0 unspecified atom stereocenters. The Balaban J connectivity index is 0.00000106. The second-order valence-corrected chi connectivity index (χ2v) is 2.91. The highest BCUT2D eigenvalue weighted by atomic mass is 19.1. The van der Waals surface area contributed by atoms with Crippen molar-refractivity contribution in [2.24, 2.45) is 5.73 Å². The summed E-state index contributed by atoms with van der Waals surface area (Å²) in [6.07, 6.45) is 1.49. The predicted molar refractivity (Wildman–Crippen MR) is 67.0 cm³/mol. The standard InChI is InChI=1S/C10H12FN3.C2H6/c1-7(6-10(12)13)14-9-4-2-8(11)3-5-9;1-2/h2-6,14H,1H3,(H3,12,13);1-2H3/b7-6-;. The van der Waals surface area contributed by atoms with Crippen molar-refractivity contribution in [3.8, 4) is 0 Å². The fourth-order valence-corrected chi connectivity index (χ4v) is 1.03. The van der Waals surface area contributed by atoms with Crippen molar-refractivity contribution in [3.05, 3.63) is 41.9 Å². The van der Waals surface area contributed by atoms with E-state index in [9.17, 15) is 4.39 Å². The molecule has 4 heteroatoms. The summed E-state index contributed by atoms with van der Waals surface area (Å²) >= 11 is 0. The molecule has 0 aliphatic carbocycles. The zero-order chi connectivity index (χ0) is 12.6. The van der Waals surface area contributed by atoms with Crippen molar-refractivity contribution in [2.45, 2.75) is 20.8 Å². The maximum absolute atomic E-state index is 12.5. The summed E-state index contributed by atoms with van der Waals surface area (Å²) in [5.74, 6) is -0.291. The summed E-state index contributed by atoms with van der Waals surface area (Å²) in [6.45, 7) is 5.78. The second-order valence-electron chi connectivity index (χ2n) is 2.91. The first-order valence-electron chi connectivity index (χ1n) is 5.13. The van der Waals surface area contributed by atoms with Crippen LogP contribution in [0.3, 0.4) is 0 Å². The predicted octanol–water partition coefficient (Wildman–Crippen LogP) is 3.10. The molecule has 1 rings (SSSR count). The second kappa shape index (κ2) is 7.45. The van der Waals surface area contributed by atoms with E-state index in [-0.39, 0.29) is 11.7 Å². The Morgan fingerprint density at radius 2 is 1.81 bits per heavy atom. The van der Waals surface area contributed by atoms with Crippen LogP contribution in [0.2, 0.25) is 0 Å². The fourth-order valence-electron chi connectivity index (χ4n) is 1.03. The third-order valence-corrected chi connectivity index (χ3v) is 1.56. The van der Waals surface area contributed by atoms with Gasteiger partial charge in [0.1, 0.15) is 11.7 Å². The average Bonchev–Trinajstić information content (AvgIpc) is 2.23. The van der Waals surface area contributed by atoms with E-state index in [0.717, 1.165) is 11.4 Å². The van der Waals surface area contributed by atoms with E-state index < -0.39 is 0 Å². The van der Waals surface area contributed by atoms with Crippen LogP contribution in [0.4, 0.5) is 10.1 Å². The number of nitrogens with two attached hydrogens (primary N) is 1. The molecule has 0 bridgehead atoms. The van der Waals surface area contributed by atoms with Gasteiger partial charge in [-0.25, -0.2) is 4.39 Å². The van der Waals surface area contributed by atoms with Gasteiger partial charge in [-0.1, -0.05) is 13.8 Å². The summed E-state index contributed by atoms with van der Waals surface area (Å²) < 4.78 is 12.5. The lowest BCUT2D eigenvalue weighted by Crippen LogP contribution is -2.08. The Morgan fingerprint density at radius 3 is 2.25 bits per heavy atom. The molecule has 0 heterocycles. The molecule has 1 aromatic carbocycles. The Labute approximate surface area is 95.7 Å². The lowest BCUT2D eigenvalue weighted by Gasteiger charge is -2.05. The van der Waals surface area contributed by atoms with E-state index in [2.05, 4.69) is 5.32 Å². The van der Waals surface area contributed by atoms with Gasteiger partial charge >= 0.3 is 0 Å². The molecule has 3 nitrogen and oxygen atoms in total. The summed E-state index contributed by atoms with van der Waals surface area (Å²) in [6, 6.07) is 5.96. The number of benzene rings is 1. The number of allylic oxidation sites excluding steroid dienone is 1. The lowest BCUT2D eigenvalue weighted by atomic mass is 10.3. The fraction of sp³-hybridized carbons (Fsp3) is 0.250. The van der Waals surface area contributed by atoms with Crippen molar-refractivity contribution in [2.75, 3.05) is 5.32 Å². The quantitative estimate of drug-likeness (QED) is 0.544. The molecule has 4 N–H and O–H groups in total. The molecule has 0 spiro atoms. The number of hydrogen-bond donors (Lipinski definition) is 3. The highest BCUT2D eigenvalue weighted by Gasteiger charge is 1.93. The number of amidine groups is 1. The molecule has 0 saturated carbocycles.